The molecule has 2 aromatic heterocycles. The normalized spacial score (nSPS) is 11.3. The second kappa shape index (κ2) is 5.14. The molecule has 100 valence electrons. The van der Waals surface area contributed by atoms with Crippen LogP contribution in [0.2, 0.25) is 0 Å². The van der Waals surface area contributed by atoms with Crippen LogP contribution < -0.4 is 10.5 Å². The average Bonchev–Trinajstić information content (AvgIpc) is 2.34. The molecule has 0 aliphatic carbocycles. The molecule has 2 aromatic rings. The molecule has 8 heteroatoms. The molecule has 0 aromatic carbocycles. The van der Waals surface area contributed by atoms with E-state index in [9.17, 15) is 8.42 Å². The number of hydrogen-bond acceptors (Lipinski definition) is 5. The summed E-state index contributed by atoms with van der Waals surface area (Å²) in [5, 5.41) is -0.211. The second-order valence-corrected chi connectivity index (χ2v) is 6.27. The second-order valence-electron chi connectivity index (χ2n) is 3.82. The number of aryl methyl sites for hydroxylation is 1. The number of nitrogens with zero attached hydrogens (tertiary/aromatic N) is 2. The molecule has 3 N–H and O–H groups in total. The summed E-state index contributed by atoms with van der Waals surface area (Å²) < 4.78 is 27.4. The van der Waals surface area contributed by atoms with Crippen molar-refractivity contribution in [3.63, 3.8) is 0 Å². The van der Waals surface area contributed by atoms with Crippen LogP contribution in [0.1, 0.15) is 5.56 Å². The highest BCUT2D eigenvalue weighted by atomic mass is 79.9. The summed E-state index contributed by atoms with van der Waals surface area (Å²) in [5.41, 5.74) is 6.55. The van der Waals surface area contributed by atoms with Crippen molar-refractivity contribution in [2.75, 3.05) is 10.5 Å². The third-order valence-corrected chi connectivity index (χ3v) is 4.50. The first-order chi connectivity index (χ1) is 8.90. The molecule has 0 aliphatic rings. The van der Waals surface area contributed by atoms with Gasteiger partial charge in [0.05, 0.1) is 5.69 Å². The van der Waals surface area contributed by atoms with Gasteiger partial charge in [-0.2, -0.15) is 8.42 Å². The molecule has 0 saturated heterocycles. The number of anilines is 2. The standard InChI is InChI=1S/C11H11BrN4O2S/c1-7-5-10(15-6-8(7)12)16-19(17,18)11-9(13)3-2-4-14-11/h2-6H,13H2,1H3,(H,15,16). The maximum absolute atomic E-state index is 12.1. The van der Waals surface area contributed by atoms with E-state index >= 15 is 0 Å². The Balaban J connectivity index is 2.37. The highest BCUT2D eigenvalue weighted by Gasteiger charge is 2.19. The highest BCUT2D eigenvalue weighted by molar-refractivity contribution is 9.10. The molecule has 0 amide bonds. The van der Waals surface area contributed by atoms with Gasteiger partial charge in [0, 0.05) is 16.9 Å². The number of halogens is 1. The van der Waals surface area contributed by atoms with E-state index < -0.39 is 10.0 Å². The van der Waals surface area contributed by atoms with Gasteiger partial charge in [0.25, 0.3) is 10.0 Å². The molecule has 0 bridgehead atoms. The van der Waals surface area contributed by atoms with Crippen molar-refractivity contribution in [3.05, 3.63) is 40.6 Å². The van der Waals surface area contributed by atoms with Gasteiger partial charge >= 0.3 is 0 Å². The Bertz CT molecular complexity index is 718. The van der Waals surface area contributed by atoms with Gasteiger partial charge in [-0.3, -0.25) is 4.72 Å². The number of aromatic nitrogens is 2. The maximum Gasteiger partial charge on any atom is 0.282 e. The van der Waals surface area contributed by atoms with Crippen LogP contribution in [0.15, 0.2) is 40.1 Å². The Morgan fingerprint density at radius 3 is 2.74 bits per heavy atom. The Hall–Kier alpha value is -1.67. The van der Waals surface area contributed by atoms with Crippen LogP contribution in [0, 0.1) is 6.92 Å². The molecule has 0 saturated carbocycles. The van der Waals surface area contributed by atoms with Crippen molar-refractivity contribution in [2.24, 2.45) is 0 Å². The van der Waals surface area contributed by atoms with Gasteiger partial charge in [-0.25, -0.2) is 9.97 Å². The fourth-order valence-electron chi connectivity index (χ4n) is 1.41. The first kappa shape index (κ1) is 13.8. The number of nitrogens with two attached hydrogens (primary N) is 1. The van der Waals surface area contributed by atoms with E-state index in [1.807, 2.05) is 6.92 Å². The van der Waals surface area contributed by atoms with Gasteiger partial charge < -0.3 is 5.73 Å². The molecule has 0 fully saturated rings. The van der Waals surface area contributed by atoms with E-state index in [0.29, 0.717) is 0 Å². The third-order valence-electron chi connectivity index (χ3n) is 2.34. The van der Waals surface area contributed by atoms with E-state index in [0.717, 1.165) is 10.0 Å². The predicted molar refractivity (Wildman–Crippen MR) is 76.1 cm³/mol. The molecular formula is C11H11BrN4O2S. The van der Waals surface area contributed by atoms with Gasteiger partial charge in [0.1, 0.15) is 5.82 Å². The minimum absolute atomic E-state index is 0.0869. The summed E-state index contributed by atoms with van der Waals surface area (Å²) >= 11 is 3.29. The topological polar surface area (TPSA) is 98.0 Å². The lowest BCUT2D eigenvalue weighted by molar-refractivity contribution is 0.598. The minimum Gasteiger partial charge on any atom is -0.396 e. The summed E-state index contributed by atoms with van der Waals surface area (Å²) in [5.74, 6) is 0.214. The fourth-order valence-corrected chi connectivity index (χ4v) is 2.69. The zero-order valence-electron chi connectivity index (χ0n) is 9.96. The lowest BCUT2D eigenvalue weighted by atomic mass is 10.3. The van der Waals surface area contributed by atoms with Crippen LogP contribution in [-0.4, -0.2) is 18.4 Å². The van der Waals surface area contributed by atoms with E-state index in [1.54, 1.807) is 12.1 Å². The summed E-state index contributed by atoms with van der Waals surface area (Å²) in [6.45, 7) is 1.83. The zero-order chi connectivity index (χ0) is 14.0. The summed E-state index contributed by atoms with van der Waals surface area (Å²) in [6, 6.07) is 4.65. The molecule has 0 unspecified atom stereocenters. The maximum atomic E-state index is 12.1. The monoisotopic (exact) mass is 342 g/mol. The number of nitrogens with one attached hydrogen (secondary N) is 1. The van der Waals surface area contributed by atoms with Crippen molar-refractivity contribution in [1.29, 1.82) is 0 Å². The van der Waals surface area contributed by atoms with Gasteiger partial charge in [-0.05, 0) is 46.6 Å². The van der Waals surface area contributed by atoms with Crippen molar-refractivity contribution in [2.45, 2.75) is 11.9 Å². The van der Waals surface area contributed by atoms with Crippen molar-refractivity contribution < 1.29 is 8.42 Å². The highest BCUT2D eigenvalue weighted by Crippen LogP contribution is 2.21. The Morgan fingerprint density at radius 1 is 1.37 bits per heavy atom. The largest absolute Gasteiger partial charge is 0.396 e. The van der Waals surface area contributed by atoms with Crippen LogP contribution in [0.4, 0.5) is 11.5 Å². The number of sulfonamides is 1. The number of rotatable bonds is 3. The SMILES string of the molecule is Cc1cc(NS(=O)(=O)c2ncccc2N)ncc1Br. The van der Waals surface area contributed by atoms with Crippen LogP contribution in [0.5, 0.6) is 0 Å². The number of nitrogen functional groups attached to an aromatic ring is 1. The predicted octanol–water partition coefficient (Wildman–Crippen LogP) is 1.93. The van der Waals surface area contributed by atoms with Crippen molar-refractivity contribution in [1.82, 2.24) is 9.97 Å². The van der Waals surface area contributed by atoms with Gasteiger partial charge in [0.2, 0.25) is 0 Å². The first-order valence-electron chi connectivity index (χ1n) is 5.25. The van der Waals surface area contributed by atoms with Crippen LogP contribution in [-0.2, 0) is 10.0 Å². The third kappa shape index (κ3) is 3.02. The van der Waals surface area contributed by atoms with Gasteiger partial charge in [-0.15, -0.1) is 0 Å². The lowest BCUT2D eigenvalue weighted by Gasteiger charge is -2.09. The Morgan fingerprint density at radius 2 is 2.11 bits per heavy atom. The molecule has 0 atom stereocenters. The summed E-state index contributed by atoms with van der Waals surface area (Å²) in [6.07, 6.45) is 2.89. The number of pyridine rings is 2. The fraction of sp³-hybridized carbons (Fsp3) is 0.0909. The minimum atomic E-state index is -3.84. The van der Waals surface area contributed by atoms with Crippen LogP contribution >= 0.6 is 15.9 Å². The Kier molecular flexibility index (Phi) is 3.72. The molecule has 0 radical (unpaired) electrons. The van der Waals surface area contributed by atoms with Crippen molar-refractivity contribution >= 4 is 37.5 Å². The molecule has 2 heterocycles. The average molecular weight is 343 g/mol. The smallest absolute Gasteiger partial charge is 0.282 e. The van der Waals surface area contributed by atoms with E-state index in [-0.39, 0.29) is 16.5 Å². The zero-order valence-corrected chi connectivity index (χ0v) is 12.4. The van der Waals surface area contributed by atoms with E-state index in [4.69, 9.17) is 5.73 Å². The summed E-state index contributed by atoms with van der Waals surface area (Å²) in [4.78, 5) is 7.75. The molecule has 0 aliphatic heterocycles. The number of hydrogen-bond donors (Lipinski definition) is 2. The first-order valence-corrected chi connectivity index (χ1v) is 7.53. The van der Waals surface area contributed by atoms with Crippen LogP contribution in [0.3, 0.4) is 0 Å². The van der Waals surface area contributed by atoms with E-state index in [1.165, 1.54) is 18.5 Å². The van der Waals surface area contributed by atoms with Gasteiger partial charge in [-0.1, -0.05) is 0 Å². The molecule has 6 nitrogen and oxygen atoms in total. The lowest BCUT2D eigenvalue weighted by Crippen LogP contribution is -2.17. The van der Waals surface area contributed by atoms with E-state index in [2.05, 4.69) is 30.6 Å². The molecular weight excluding hydrogens is 332 g/mol. The molecule has 2 rings (SSSR count). The quantitative estimate of drug-likeness (QED) is 0.887. The Labute approximate surface area is 119 Å². The van der Waals surface area contributed by atoms with Gasteiger partial charge in [0.15, 0.2) is 5.03 Å². The molecule has 19 heavy (non-hydrogen) atoms. The molecule has 0 spiro atoms. The van der Waals surface area contributed by atoms with Crippen molar-refractivity contribution in [3.8, 4) is 0 Å². The van der Waals surface area contributed by atoms with Crippen LogP contribution in [0.25, 0.3) is 0 Å². The summed E-state index contributed by atoms with van der Waals surface area (Å²) in [7, 11) is -3.84.